The molecule has 3 aromatic carbocycles. The molecule has 13 heteroatoms. The summed E-state index contributed by atoms with van der Waals surface area (Å²) in [5.41, 5.74) is 2.64. The van der Waals surface area contributed by atoms with Crippen molar-refractivity contribution in [2.75, 3.05) is 27.4 Å². The van der Waals surface area contributed by atoms with Gasteiger partial charge in [-0.25, -0.2) is 9.97 Å². The number of fused-ring (bicyclic) bond motifs is 2. The van der Waals surface area contributed by atoms with Crippen LogP contribution in [0.25, 0.3) is 11.0 Å². The number of hydrogen-bond donors (Lipinski definition) is 1. The normalized spacial score (nSPS) is 20.7. The van der Waals surface area contributed by atoms with Gasteiger partial charge in [0.05, 0.1) is 31.8 Å². The Bertz CT molecular complexity index is 2350. The zero-order chi connectivity index (χ0) is 44.9. The Hall–Kier alpha value is -4.53. The highest BCUT2D eigenvalue weighted by Gasteiger charge is 2.66. The minimum absolute atomic E-state index is 0.0206. The summed E-state index contributed by atoms with van der Waals surface area (Å²) in [6, 6.07) is 25.8. The van der Waals surface area contributed by atoms with E-state index in [0.717, 1.165) is 28.2 Å². The predicted molar refractivity (Wildman–Crippen MR) is 246 cm³/mol. The van der Waals surface area contributed by atoms with Crippen LogP contribution in [0, 0.1) is 11.8 Å². The maximum Gasteiger partial charge on any atom is 0.349 e. The lowest BCUT2D eigenvalue weighted by molar-refractivity contribution is -0.0794. The molecule has 2 saturated heterocycles. The Balaban J connectivity index is 1.30. The topological polar surface area (TPSA) is 116 Å². The number of rotatable bonds is 10. The molecule has 1 N–H and O–H groups in total. The van der Waals surface area contributed by atoms with Gasteiger partial charge in [0, 0.05) is 16.3 Å². The van der Waals surface area contributed by atoms with Crippen molar-refractivity contribution in [1.29, 1.82) is 0 Å². The van der Waals surface area contributed by atoms with Gasteiger partial charge in [0.1, 0.15) is 48.3 Å². The average Bonchev–Trinajstić information content (AvgIpc) is 3.78. The van der Waals surface area contributed by atoms with Gasteiger partial charge < -0.3 is 41.9 Å². The Labute approximate surface area is 369 Å². The van der Waals surface area contributed by atoms with Crippen molar-refractivity contribution in [3.8, 4) is 29.2 Å². The van der Waals surface area contributed by atoms with Crippen LogP contribution in [0.4, 0.5) is 0 Å². The Morgan fingerprint density at radius 1 is 0.806 bits per heavy atom. The van der Waals surface area contributed by atoms with Crippen LogP contribution in [-0.4, -0.2) is 82.3 Å². The molecule has 0 spiro atoms. The van der Waals surface area contributed by atoms with Gasteiger partial charge in [-0.3, -0.25) is 0 Å². The molecule has 62 heavy (non-hydrogen) atoms. The lowest BCUT2D eigenvalue weighted by Crippen LogP contribution is -2.66. The Morgan fingerprint density at radius 3 is 1.90 bits per heavy atom. The maximum atomic E-state index is 11.4. The molecule has 0 bridgehead atoms. The monoisotopic (exact) mass is 877 g/mol. The summed E-state index contributed by atoms with van der Waals surface area (Å²) >= 11 is 0. The molecule has 330 valence electrons. The summed E-state index contributed by atoms with van der Waals surface area (Å²) in [6.07, 6.45) is 1.29. The van der Waals surface area contributed by atoms with E-state index >= 15 is 0 Å². The van der Waals surface area contributed by atoms with E-state index in [1.807, 2.05) is 77.5 Å². The molecule has 2 fully saturated rings. The lowest BCUT2D eigenvalue weighted by Gasteiger charge is -2.54. The van der Waals surface area contributed by atoms with Crippen LogP contribution in [0.2, 0.25) is 28.2 Å². The van der Waals surface area contributed by atoms with Crippen LogP contribution in [0.3, 0.4) is 0 Å². The van der Waals surface area contributed by atoms with E-state index in [4.69, 9.17) is 37.2 Å². The molecule has 2 aliphatic heterocycles. The van der Waals surface area contributed by atoms with Crippen LogP contribution in [0.5, 0.6) is 17.4 Å². The first-order valence-electron chi connectivity index (χ1n) is 21.3. The third-order valence-electron chi connectivity index (χ3n) is 12.9. The first-order chi connectivity index (χ1) is 29.2. The van der Waals surface area contributed by atoms with Gasteiger partial charge in [-0.2, -0.15) is 0 Å². The molecule has 0 amide bonds. The molecule has 0 aliphatic carbocycles. The fourth-order valence-electron chi connectivity index (χ4n) is 8.90. The van der Waals surface area contributed by atoms with Crippen molar-refractivity contribution < 1.29 is 37.3 Å². The van der Waals surface area contributed by atoms with E-state index < -0.39 is 47.0 Å². The van der Waals surface area contributed by atoms with Crippen LogP contribution >= 0.6 is 0 Å². The molecule has 4 atom stereocenters. The van der Waals surface area contributed by atoms with Crippen LogP contribution in [-0.2, 0) is 28.4 Å². The Morgan fingerprint density at radius 2 is 1.37 bits per heavy atom. The second-order valence-corrected chi connectivity index (χ2v) is 29.4. The van der Waals surface area contributed by atoms with Gasteiger partial charge >= 0.3 is 8.56 Å². The molecule has 0 unspecified atom stereocenters. The van der Waals surface area contributed by atoms with Crippen molar-refractivity contribution in [2.45, 2.75) is 121 Å². The minimum atomic E-state index is -2.91. The third-order valence-corrected chi connectivity index (χ3v) is 22.5. The van der Waals surface area contributed by atoms with Gasteiger partial charge in [-0.05, 0) is 59.1 Å². The van der Waals surface area contributed by atoms with Gasteiger partial charge in [-0.1, -0.05) is 129 Å². The highest BCUT2D eigenvalue weighted by molar-refractivity contribution is 6.74. The maximum absolute atomic E-state index is 11.4. The second-order valence-electron chi connectivity index (χ2n) is 19.9. The molecule has 4 heterocycles. The van der Waals surface area contributed by atoms with Crippen molar-refractivity contribution in [2.24, 2.45) is 0 Å². The average molecular weight is 878 g/mol. The van der Waals surface area contributed by atoms with E-state index in [1.54, 1.807) is 14.2 Å². The van der Waals surface area contributed by atoms with E-state index in [9.17, 15) is 5.11 Å². The smallest absolute Gasteiger partial charge is 0.349 e. The number of nitrogens with zero attached hydrogens (tertiary/aromatic N) is 3. The van der Waals surface area contributed by atoms with Gasteiger partial charge in [0.2, 0.25) is 5.88 Å². The number of hydrogen-bond acceptors (Lipinski definition) is 10. The van der Waals surface area contributed by atoms with Crippen molar-refractivity contribution in [1.82, 2.24) is 14.5 Å². The van der Waals surface area contributed by atoms with Crippen LogP contribution in [0.15, 0.2) is 91.4 Å². The largest absolute Gasteiger partial charge is 0.497 e. The van der Waals surface area contributed by atoms with Crippen molar-refractivity contribution in [3.05, 3.63) is 114 Å². The molecular formula is C49H63N3O8Si2. The van der Waals surface area contributed by atoms with Crippen LogP contribution < -0.4 is 9.47 Å². The molecule has 0 saturated carbocycles. The summed E-state index contributed by atoms with van der Waals surface area (Å²) in [6.45, 7) is 24.9. The quantitative estimate of drug-likeness (QED) is 0.0826. The summed E-state index contributed by atoms with van der Waals surface area (Å²) in [7, 11) is -2.02. The summed E-state index contributed by atoms with van der Waals surface area (Å²) in [4.78, 5) is 8.90. The summed E-state index contributed by atoms with van der Waals surface area (Å²) in [5, 5.41) is 11.2. The standard InChI is InChI=1S/C49H63N3O8Si2/c1-46(2,3)61(12,13)59-42-41-39(31-57-62(60-41,47(4,5)6)48(7,8)9)58-45(42)52-30-33(40-43(52)50-32-51-44(40)53)18-17-29-56-49(34-19-15-14-16-20-34,35-21-25-37(54-10)26-22-35)36-23-27-38(55-11)28-24-36/h14-16,19-28,30,32,39,41-42,45H,29,31H2,1-13H3,(H,50,51,53)/t39-,41-,42-,45-/m1/s1. The zero-order valence-electron chi connectivity index (χ0n) is 38.5. The Kier molecular flexibility index (Phi) is 12.4. The second kappa shape index (κ2) is 16.9. The van der Waals surface area contributed by atoms with E-state index in [2.05, 4.69) is 104 Å². The highest BCUT2D eigenvalue weighted by Crippen LogP contribution is 2.57. The molecular weight excluding hydrogens is 815 g/mol. The summed E-state index contributed by atoms with van der Waals surface area (Å²) in [5.74, 6) is 7.90. The number of ether oxygens (including phenoxy) is 4. The number of aromatic nitrogens is 3. The predicted octanol–water partition coefficient (Wildman–Crippen LogP) is 10.3. The fraction of sp³-hybridized carbons (Fsp3) is 0.469. The SMILES string of the molecule is COc1ccc(C(OCC#Cc2cn([C@@H]3O[C@@H]4CO[Si](C(C)(C)C)(C(C)(C)C)O[C@H]4[C@H]3O[Si](C)(C)C(C)(C)C)c3ncnc(O)c23)(c2ccccc2)c2ccc(OC)cc2)cc1. The molecule has 11 nitrogen and oxygen atoms in total. The highest BCUT2D eigenvalue weighted by atomic mass is 28.4. The van der Waals surface area contributed by atoms with Gasteiger partial charge in [0.15, 0.2) is 20.2 Å². The third kappa shape index (κ3) is 8.11. The number of methoxy groups -OCH3 is 2. The number of benzene rings is 3. The lowest BCUT2D eigenvalue weighted by atomic mass is 9.80. The van der Waals surface area contributed by atoms with Crippen molar-refractivity contribution >= 4 is 27.9 Å². The zero-order valence-corrected chi connectivity index (χ0v) is 40.5. The number of aromatic hydroxyl groups is 1. The van der Waals surface area contributed by atoms with Gasteiger partial charge in [0.25, 0.3) is 0 Å². The first kappa shape index (κ1) is 45.5. The fourth-order valence-corrected chi connectivity index (χ4v) is 15.1. The molecule has 7 rings (SSSR count). The molecule has 0 radical (unpaired) electrons. The summed E-state index contributed by atoms with van der Waals surface area (Å²) < 4.78 is 48.6. The van der Waals surface area contributed by atoms with Crippen LogP contribution in [0.1, 0.15) is 90.8 Å². The first-order valence-corrected chi connectivity index (χ1v) is 26.1. The van der Waals surface area contributed by atoms with Gasteiger partial charge in [-0.15, -0.1) is 0 Å². The minimum Gasteiger partial charge on any atom is -0.497 e. The molecule has 5 aromatic rings. The molecule has 2 aromatic heterocycles. The van der Waals surface area contributed by atoms with E-state index in [0.29, 0.717) is 23.2 Å². The van der Waals surface area contributed by atoms with Crippen molar-refractivity contribution in [3.63, 3.8) is 0 Å². The van der Waals surface area contributed by atoms with E-state index in [1.165, 1.54) is 6.33 Å². The molecule has 2 aliphatic rings. The van der Waals surface area contributed by atoms with E-state index in [-0.39, 0.29) is 27.6 Å².